The Morgan fingerprint density at radius 1 is 1.33 bits per heavy atom. The van der Waals surface area contributed by atoms with Gasteiger partial charge in [0.1, 0.15) is 5.76 Å². The molecule has 0 spiro atoms. The molecule has 3 heterocycles. The van der Waals surface area contributed by atoms with Crippen LogP contribution in [-0.2, 0) is 17.8 Å². The molecule has 0 aromatic carbocycles. The number of carbonyl (C=O) groups is 1. The Balaban J connectivity index is 1.76. The van der Waals surface area contributed by atoms with Crippen LogP contribution in [0.25, 0.3) is 0 Å². The van der Waals surface area contributed by atoms with Gasteiger partial charge in [-0.3, -0.25) is 9.78 Å². The molecule has 3 aromatic heterocycles. The monoisotopic (exact) mass is 341 g/mol. The molecular formula is C18H19N3O2S. The number of nitrogens with zero attached hydrogens (tertiary/aromatic N) is 3. The van der Waals surface area contributed by atoms with Crippen molar-refractivity contribution < 1.29 is 9.32 Å². The van der Waals surface area contributed by atoms with E-state index in [1.165, 1.54) is 0 Å². The Morgan fingerprint density at radius 3 is 2.83 bits per heavy atom. The van der Waals surface area contributed by atoms with Crippen LogP contribution >= 0.6 is 11.3 Å². The lowest BCUT2D eigenvalue weighted by Gasteiger charge is -2.22. The molecule has 0 unspecified atom stereocenters. The number of hydrogen-bond donors (Lipinski definition) is 0. The van der Waals surface area contributed by atoms with Gasteiger partial charge in [-0.1, -0.05) is 5.16 Å². The Kier molecular flexibility index (Phi) is 5.05. The van der Waals surface area contributed by atoms with Gasteiger partial charge in [-0.25, -0.2) is 0 Å². The molecule has 0 aliphatic rings. The first-order valence-electron chi connectivity index (χ1n) is 7.78. The number of aromatic nitrogens is 2. The van der Waals surface area contributed by atoms with Crippen LogP contribution in [0.5, 0.6) is 0 Å². The number of rotatable bonds is 6. The zero-order valence-electron chi connectivity index (χ0n) is 13.7. The van der Waals surface area contributed by atoms with Crippen LogP contribution < -0.4 is 4.90 Å². The van der Waals surface area contributed by atoms with E-state index in [9.17, 15) is 4.79 Å². The van der Waals surface area contributed by atoms with E-state index in [2.05, 4.69) is 15.5 Å². The summed E-state index contributed by atoms with van der Waals surface area (Å²) in [4.78, 5) is 18.8. The van der Waals surface area contributed by atoms with E-state index in [0.717, 1.165) is 28.3 Å². The van der Waals surface area contributed by atoms with Crippen LogP contribution in [0.2, 0.25) is 0 Å². The molecule has 6 heteroatoms. The first-order chi connectivity index (χ1) is 11.6. The zero-order chi connectivity index (χ0) is 16.9. The average molecular weight is 341 g/mol. The minimum atomic E-state index is 0.0641. The molecule has 0 aliphatic carbocycles. The van der Waals surface area contributed by atoms with Gasteiger partial charge in [0.15, 0.2) is 0 Å². The Morgan fingerprint density at radius 2 is 2.21 bits per heavy atom. The summed E-state index contributed by atoms with van der Waals surface area (Å²) in [5, 5.41) is 8.03. The predicted octanol–water partition coefficient (Wildman–Crippen LogP) is 3.91. The van der Waals surface area contributed by atoms with Crippen LogP contribution in [0.1, 0.15) is 29.0 Å². The van der Waals surface area contributed by atoms with Gasteiger partial charge in [-0.2, -0.15) is 11.3 Å². The second kappa shape index (κ2) is 7.40. The molecule has 124 valence electrons. The molecule has 24 heavy (non-hydrogen) atoms. The predicted molar refractivity (Wildman–Crippen MR) is 94.0 cm³/mol. The smallest absolute Gasteiger partial charge is 0.227 e. The highest BCUT2D eigenvalue weighted by molar-refractivity contribution is 7.07. The number of carbonyl (C=O) groups excluding carboxylic acids is 1. The number of pyridine rings is 1. The molecule has 0 aliphatic heterocycles. The lowest BCUT2D eigenvalue weighted by atomic mass is 10.1. The maximum atomic E-state index is 12.8. The summed E-state index contributed by atoms with van der Waals surface area (Å²) in [6, 6.07) is 5.79. The molecular weight excluding hydrogens is 322 g/mol. The van der Waals surface area contributed by atoms with Gasteiger partial charge >= 0.3 is 0 Å². The SMILES string of the molecule is Cc1noc(C)c1CCC(=O)N(Cc1ccsc1)c1cccnc1. The van der Waals surface area contributed by atoms with Crippen LogP contribution in [0.4, 0.5) is 5.69 Å². The van der Waals surface area contributed by atoms with E-state index < -0.39 is 0 Å². The third-order valence-corrected chi connectivity index (χ3v) is 4.68. The van der Waals surface area contributed by atoms with Crippen molar-refractivity contribution in [2.75, 3.05) is 4.90 Å². The minimum Gasteiger partial charge on any atom is -0.361 e. The standard InChI is InChI=1S/C18H19N3O2S/c1-13-17(14(2)23-20-13)5-6-18(22)21(11-15-7-9-24-12-15)16-4-3-8-19-10-16/h3-4,7-10,12H,5-6,11H2,1-2H3. The number of anilines is 1. The number of aryl methyl sites for hydroxylation is 2. The van der Waals surface area contributed by atoms with Gasteiger partial charge in [0.05, 0.1) is 24.1 Å². The maximum Gasteiger partial charge on any atom is 0.227 e. The van der Waals surface area contributed by atoms with Crippen molar-refractivity contribution in [1.29, 1.82) is 0 Å². The zero-order valence-corrected chi connectivity index (χ0v) is 14.5. The molecule has 0 atom stereocenters. The molecule has 3 rings (SSSR count). The molecule has 5 nitrogen and oxygen atoms in total. The van der Waals surface area contributed by atoms with E-state index in [4.69, 9.17) is 4.52 Å². The van der Waals surface area contributed by atoms with Crippen LogP contribution in [0, 0.1) is 13.8 Å². The molecule has 0 N–H and O–H groups in total. The first-order valence-corrected chi connectivity index (χ1v) is 8.72. The van der Waals surface area contributed by atoms with Crippen molar-refractivity contribution in [1.82, 2.24) is 10.1 Å². The lowest BCUT2D eigenvalue weighted by Crippen LogP contribution is -2.30. The van der Waals surface area contributed by atoms with Crippen molar-refractivity contribution in [3.8, 4) is 0 Å². The highest BCUT2D eigenvalue weighted by Gasteiger charge is 2.18. The summed E-state index contributed by atoms with van der Waals surface area (Å²) in [7, 11) is 0. The third kappa shape index (κ3) is 3.71. The van der Waals surface area contributed by atoms with E-state index in [-0.39, 0.29) is 5.91 Å². The fraction of sp³-hybridized carbons (Fsp3) is 0.278. The molecule has 0 bridgehead atoms. The van der Waals surface area contributed by atoms with Gasteiger partial charge in [0.25, 0.3) is 0 Å². The Labute approximate surface area is 144 Å². The summed E-state index contributed by atoms with van der Waals surface area (Å²) in [5.41, 5.74) is 3.80. The largest absolute Gasteiger partial charge is 0.361 e. The second-order valence-corrected chi connectivity index (χ2v) is 6.41. The maximum absolute atomic E-state index is 12.8. The van der Waals surface area contributed by atoms with Gasteiger partial charge in [0.2, 0.25) is 5.91 Å². The van der Waals surface area contributed by atoms with E-state index in [0.29, 0.717) is 19.4 Å². The highest BCUT2D eigenvalue weighted by Crippen LogP contribution is 2.20. The topological polar surface area (TPSA) is 59.2 Å². The number of thiophene rings is 1. The molecule has 3 aromatic rings. The van der Waals surface area contributed by atoms with Crippen molar-refractivity contribution >= 4 is 22.9 Å². The van der Waals surface area contributed by atoms with E-state index in [1.54, 1.807) is 28.6 Å². The molecule has 1 amide bonds. The Bertz CT molecular complexity index is 778. The van der Waals surface area contributed by atoms with Crippen molar-refractivity contribution in [2.45, 2.75) is 33.2 Å². The summed E-state index contributed by atoms with van der Waals surface area (Å²) in [5.74, 6) is 0.847. The normalized spacial score (nSPS) is 10.8. The molecule has 0 saturated carbocycles. The third-order valence-electron chi connectivity index (χ3n) is 3.95. The van der Waals surface area contributed by atoms with Crippen LogP contribution in [0.3, 0.4) is 0 Å². The van der Waals surface area contributed by atoms with E-state index >= 15 is 0 Å². The van der Waals surface area contributed by atoms with Gasteiger partial charge in [-0.05, 0) is 54.8 Å². The van der Waals surface area contributed by atoms with Crippen molar-refractivity contribution in [2.24, 2.45) is 0 Å². The van der Waals surface area contributed by atoms with Crippen LogP contribution in [0.15, 0.2) is 45.9 Å². The fourth-order valence-corrected chi connectivity index (χ4v) is 3.29. The second-order valence-electron chi connectivity index (χ2n) is 5.63. The summed E-state index contributed by atoms with van der Waals surface area (Å²) in [6.45, 7) is 4.33. The average Bonchev–Trinajstić information content (AvgIpc) is 3.22. The number of hydrogen-bond acceptors (Lipinski definition) is 5. The summed E-state index contributed by atoms with van der Waals surface area (Å²) in [6.07, 6.45) is 4.46. The molecule has 0 radical (unpaired) electrons. The van der Waals surface area contributed by atoms with Gasteiger partial charge in [-0.15, -0.1) is 0 Å². The first kappa shape index (κ1) is 16.4. The van der Waals surface area contributed by atoms with Crippen molar-refractivity contribution in [3.05, 3.63) is 63.9 Å². The molecule has 0 saturated heterocycles. The van der Waals surface area contributed by atoms with E-state index in [1.807, 2.05) is 37.4 Å². The number of amides is 1. The molecule has 0 fully saturated rings. The van der Waals surface area contributed by atoms with Crippen LogP contribution in [-0.4, -0.2) is 16.0 Å². The van der Waals surface area contributed by atoms with Crippen molar-refractivity contribution in [3.63, 3.8) is 0 Å². The van der Waals surface area contributed by atoms with Gasteiger partial charge in [0, 0.05) is 18.2 Å². The summed E-state index contributed by atoms with van der Waals surface area (Å²) < 4.78 is 5.17. The fourth-order valence-electron chi connectivity index (χ4n) is 2.63. The summed E-state index contributed by atoms with van der Waals surface area (Å²) >= 11 is 1.63. The minimum absolute atomic E-state index is 0.0641. The lowest BCUT2D eigenvalue weighted by molar-refractivity contribution is -0.118. The highest BCUT2D eigenvalue weighted by atomic mass is 32.1. The quantitative estimate of drug-likeness (QED) is 0.682. The Hall–Kier alpha value is -2.47. The van der Waals surface area contributed by atoms with Gasteiger partial charge < -0.3 is 9.42 Å².